The third-order valence-corrected chi connectivity index (χ3v) is 3.72. The Morgan fingerprint density at radius 1 is 1.42 bits per heavy atom. The Hall–Kier alpha value is -1.01. The quantitative estimate of drug-likeness (QED) is 0.741. The number of aromatic nitrogens is 2. The van der Waals surface area contributed by atoms with Gasteiger partial charge in [0.05, 0.1) is 5.60 Å². The van der Waals surface area contributed by atoms with Crippen molar-refractivity contribution in [2.75, 3.05) is 29.6 Å². The predicted octanol–water partition coefficient (Wildman–Crippen LogP) is 2.02. The molecule has 0 bridgehead atoms. The molecule has 0 aromatic carbocycles. The van der Waals surface area contributed by atoms with E-state index in [1.807, 2.05) is 27.0 Å². The summed E-state index contributed by atoms with van der Waals surface area (Å²) < 4.78 is 0. The van der Waals surface area contributed by atoms with E-state index < -0.39 is 5.60 Å². The largest absolute Gasteiger partial charge is 0.387 e. The van der Waals surface area contributed by atoms with Crippen molar-refractivity contribution < 1.29 is 5.11 Å². The summed E-state index contributed by atoms with van der Waals surface area (Å²) in [6.45, 7) is 8.17. The van der Waals surface area contributed by atoms with Gasteiger partial charge in [0.25, 0.3) is 0 Å². The summed E-state index contributed by atoms with van der Waals surface area (Å²) in [5.74, 6) is 2.80. The van der Waals surface area contributed by atoms with Gasteiger partial charge in [0, 0.05) is 23.8 Å². The summed E-state index contributed by atoms with van der Waals surface area (Å²) in [4.78, 5) is 8.75. The van der Waals surface area contributed by atoms with Crippen molar-refractivity contribution in [2.24, 2.45) is 0 Å². The third-order valence-electron chi connectivity index (χ3n) is 2.81. The molecular formula is C13H24N4OS. The molecule has 1 rings (SSSR count). The number of nitrogen functional groups attached to an aromatic ring is 1. The summed E-state index contributed by atoms with van der Waals surface area (Å²) in [6, 6.07) is 0. The number of hydrogen-bond acceptors (Lipinski definition) is 6. The molecule has 1 unspecified atom stereocenters. The average Bonchev–Trinajstić information content (AvgIpc) is 2.30. The highest BCUT2D eigenvalue weighted by molar-refractivity contribution is 7.98. The van der Waals surface area contributed by atoms with Crippen LogP contribution in [0.15, 0.2) is 0 Å². The number of aliphatic hydroxyl groups is 1. The zero-order chi connectivity index (χ0) is 14.6. The topological polar surface area (TPSA) is 84.1 Å². The van der Waals surface area contributed by atoms with Crippen molar-refractivity contribution in [3.8, 4) is 0 Å². The normalized spacial score (nSPS) is 14.5. The fraction of sp³-hybridized carbons (Fsp3) is 0.692. The van der Waals surface area contributed by atoms with E-state index in [-0.39, 0.29) is 5.92 Å². The Morgan fingerprint density at radius 3 is 2.58 bits per heavy atom. The summed E-state index contributed by atoms with van der Waals surface area (Å²) in [7, 11) is 0. The van der Waals surface area contributed by atoms with Gasteiger partial charge in [-0.05, 0) is 20.1 Å². The fourth-order valence-corrected chi connectivity index (χ4v) is 2.34. The average molecular weight is 284 g/mol. The van der Waals surface area contributed by atoms with Gasteiger partial charge in [-0.25, -0.2) is 9.97 Å². The zero-order valence-electron chi connectivity index (χ0n) is 12.3. The van der Waals surface area contributed by atoms with Gasteiger partial charge in [-0.1, -0.05) is 13.8 Å². The molecule has 0 aliphatic heterocycles. The van der Waals surface area contributed by atoms with Crippen molar-refractivity contribution in [1.82, 2.24) is 9.97 Å². The van der Waals surface area contributed by atoms with Crippen LogP contribution in [-0.4, -0.2) is 39.2 Å². The number of nitrogens with two attached hydrogens (primary N) is 1. The van der Waals surface area contributed by atoms with Crippen LogP contribution in [-0.2, 0) is 0 Å². The molecular weight excluding hydrogens is 260 g/mol. The minimum absolute atomic E-state index is 0.218. The molecule has 0 aliphatic carbocycles. The first-order chi connectivity index (χ1) is 8.76. The van der Waals surface area contributed by atoms with Gasteiger partial charge in [-0.3, -0.25) is 0 Å². The number of anilines is 2. The van der Waals surface area contributed by atoms with Gasteiger partial charge in [-0.2, -0.15) is 11.8 Å². The first-order valence-corrected chi connectivity index (χ1v) is 7.75. The molecule has 0 saturated carbocycles. The highest BCUT2D eigenvalue weighted by atomic mass is 32.2. The van der Waals surface area contributed by atoms with Crippen molar-refractivity contribution in [1.29, 1.82) is 0 Å². The lowest BCUT2D eigenvalue weighted by molar-refractivity contribution is 0.0996. The standard InChI is InChI=1S/C13H24N4OS/c1-8(2)11-16-10(14)9(3)12(17-11)15-6-13(4,18)7-19-5/h8,18H,6-7H2,1-5H3,(H3,14,15,16,17). The van der Waals surface area contributed by atoms with E-state index in [0.29, 0.717) is 23.9 Å². The highest BCUT2D eigenvalue weighted by Crippen LogP contribution is 2.22. The van der Waals surface area contributed by atoms with Gasteiger partial charge in [0.2, 0.25) is 0 Å². The maximum Gasteiger partial charge on any atom is 0.135 e. The highest BCUT2D eigenvalue weighted by Gasteiger charge is 2.20. The van der Waals surface area contributed by atoms with E-state index in [1.165, 1.54) is 0 Å². The molecule has 1 atom stereocenters. The van der Waals surface area contributed by atoms with Gasteiger partial charge >= 0.3 is 0 Å². The van der Waals surface area contributed by atoms with Gasteiger partial charge in [0.1, 0.15) is 17.5 Å². The second kappa shape index (κ2) is 6.43. The maximum atomic E-state index is 10.2. The Balaban J connectivity index is 2.88. The summed E-state index contributed by atoms with van der Waals surface area (Å²) in [5, 5.41) is 13.3. The first-order valence-electron chi connectivity index (χ1n) is 6.36. The second-order valence-electron chi connectivity index (χ2n) is 5.38. The van der Waals surface area contributed by atoms with E-state index in [9.17, 15) is 5.11 Å². The summed E-state index contributed by atoms with van der Waals surface area (Å²) in [5.41, 5.74) is 5.95. The van der Waals surface area contributed by atoms with Gasteiger partial charge < -0.3 is 16.2 Å². The van der Waals surface area contributed by atoms with Crippen LogP contribution in [0.5, 0.6) is 0 Å². The number of rotatable bonds is 6. The molecule has 0 amide bonds. The number of nitrogens with one attached hydrogen (secondary N) is 1. The minimum atomic E-state index is -0.774. The van der Waals surface area contributed by atoms with Crippen molar-refractivity contribution >= 4 is 23.4 Å². The molecule has 4 N–H and O–H groups in total. The number of hydrogen-bond donors (Lipinski definition) is 3. The predicted molar refractivity (Wildman–Crippen MR) is 82.8 cm³/mol. The van der Waals surface area contributed by atoms with Crippen LogP contribution in [0.25, 0.3) is 0 Å². The molecule has 1 aromatic rings. The van der Waals surface area contributed by atoms with E-state index in [0.717, 1.165) is 11.4 Å². The first kappa shape index (κ1) is 16.0. The Bertz CT molecular complexity index is 435. The van der Waals surface area contributed by atoms with Crippen LogP contribution in [0.2, 0.25) is 0 Å². The van der Waals surface area contributed by atoms with E-state index >= 15 is 0 Å². The Morgan fingerprint density at radius 2 is 2.05 bits per heavy atom. The third kappa shape index (κ3) is 4.54. The summed E-state index contributed by atoms with van der Waals surface area (Å²) >= 11 is 1.61. The number of thioether (sulfide) groups is 1. The van der Waals surface area contributed by atoms with Crippen LogP contribution < -0.4 is 11.1 Å². The van der Waals surface area contributed by atoms with Gasteiger partial charge in [0.15, 0.2) is 0 Å². The SMILES string of the molecule is CSCC(C)(O)CNc1nc(C(C)C)nc(N)c1C. The molecule has 0 spiro atoms. The zero-order valence-corrected chi connectivity index (χ0v) is 13.1. The summed E-state index contributed by atoms with van der Waals surface area (Å²) in [6.07, 6.45) is 1.97. The molecule has 1 heterocycles. The van der Waals surface area contributed by atoms with E-state index in [4.69, 9.17) is 5.73 Å². The molecule has 6 heteroatoms. The van der Waals surface area contributed by atoms with Crippen molar-refractivity contribution in [3.05, 3.63) is 11.4 Å². The molecule has 19 heavy (non-hydrogen) atoms. The van der Waals surface area contributed by atoms with E-state index in [2.05, 4.69) is 15.3 Å². The Labute approximate surface area is 119 Å². The van der Waals surface area contributed by atoms with Crippen LogP contribution in [0.3, 0.4) is 0 Å². The molecule has 5 nitrogen and oxygen atoms in total. The lowest BCUT2D eigenvalue weighted by Gasteiger charge is -2.23. The lowest BCUT2D eigenvalue weighted by atomic mass is 10.1. The molecule has 0 fully saturated rings. The monoisotopic (exact) mass is 284 g/mol. The molecule has 0 saturated heterocycles. The van der Waals surface area contributed by atoms with Crippen LogP contribution in [0.1, 0.15) is 38.1 Å². The fourth-order valence-electron chi connectivity index (χ4n) is 1.62. The van der Waals surface area contributed by atoms with E-state index in [1.54, 1.807) is 18.7 Å². The second-order valence-corrected chi connectivity index (χ2v) is 6.24. The minimum Gasteiger partial charge on any atom is -0.387 e. The Kier molecular flexibility index (Phi) is 5.43. The maximum absolute atomic E-state index is 10.2. The van der Waals surface area contributed by atoms with Crippen molar-refractivity contribution in [3.63, 3.8) is 0 Å². The lowest BCUT2D eigenvalue weighted by Crippen LogP contribution is -2.36. The van der Waals surface area contributed by atoms with Crippen LogP contribution in [0.4, 0.5) is 11.6 Å². The molecule has 1 aromatic heterocycles. The van der Waals surface area contributed by atoms with Crippen molar-refractivity contribution in [2.45, 2.75) is 39.2 Å². The van der Waals surface area contributed by atoms with Gasteiger partial charge in [-0.15, -0.1) is 0 Å². The smallest absolute Gasteiger partial charge is 0.135 e. The van der Waals surface area contributed by atoms with Crippen LogP contribution in [0, 0.1) is 6.92 Å². The molecule has 108 valence electrons. The van der Waals surface area contributed by atoms with Crippen LogP contribution >= 0.6 is 11.8 Å². The molecule has 0 aliphatic rings. The molecule has 0 radical (unpaired) electrons. The number of nitrogens with zero attached hydrogens (tertiary/aromatic N) is 2.